The lowest BCUT2D eigenvalue weighted by Crippen LogP contribution is -2.46. The fraction of sp³-hybridized carbons (Fsp3) is 0.316. The monoisotopic (exact) mass is 346 g/mol. The number of morpholine rings is 1. The highest BCUT2D eigenvalue weighted by Crippen LogP contribution is 2.19. The van der Waals surface area contributed by atoms with Crippen LogP contribution in [0.15, 0.2) is 48.5 Å². The van der Waals surface area contributed by atoms with E-state index in [4.69, 9.17) is 4.74 Å². The van der Waals surface area contributed by atoms with Gasteiger partial charge in [-0.25, -0.2) is 8.78 Å². The lowest BCUT2D eigenvalue weighted by atomic mass is 10.0. The smallest absolute Gasteiger partial charge is 0.244 e. The number of nitrogens with one attached hydrogen (secondary N) is 1. The fourth-order valence-corrected chi connectivity index (χ4v) is 2.86. The molecule has 0 radical (unpaired) electrons. The van der Waals surface area contributed by atoms with Crippen molar-refractivity contribution in [3.8, 4) is 0 Å². The zero-order valence-electron chi connectivity index (χ0n) is 13.8. The molecule has 0 saturated carbocycles. The summed E-state index contributed by atoms with van der Waals surface area (Å²) in [5, 5.41) is 3.08. The Bertz CT molecular complexity index is 719. The third-order valence-electron chi connectivity index (χ3n) is 4.23. The van der Waals surface area contributed by atoms with Crippen LogP contribution < -0.4 is 5.32 Å². The van der Waals surface area contributed by atoms with Gasteiger partial charge < -0.3 is 9.64 Å². The first kappa shape index (κ1) is 17.5. The van der Waals surface area contributed by atoms with E-state index in [2.05, 4.69) is 5.32 Å². The molecule has 1 saturated heterocycles. The zero-order valence-corrected chi connectivity index (χ0v) is 13.8. The molecule has 4 nitrogen and oxygen atoms in total. The number of carbonyl (C=O) groups is 1. The topological polar surface area (TPSA) is 41.6 Å². The molecule has 2 aromatic carbocycles. The number of rotatable bonds is 5. The van der Waals surface area contributed by atoms with Crippen molar-refractivity contribution >= 4 is 5.91 Å². The third kappa shape index (κ3) is 4.21. The number of benzene rings is 2. The molecule has 0 unspecified atom stereocenters. The first-order chi connectivity index (χ1) is 12.2. The first-order valence-electron chi connectivity index (χ1n) is 8.24. The minimum atomic E-state index is -0.893. The van der Waals surface area contributed by atoms with Crippen LogP contribution in [0, 0.1) is 11.6 Å². The molecule has 0 aliphatic carbocycles. The van der Waals surface area contributed by atoms with E-state index >= 15 is 0 Å². The molecule has 6 heteroatoms. The number of ether oxygens (including phenoxy) is 1. The predicted molar refractivity (Wildman–Crippen MR) is 89.8 cm³/mol. The van der Waals surface area contributed by atoms with E-state index < -0.39 is 17.7 Å². The number of hydrogen-bond acceptors (Lipinski definition) is 3. The maximum absolute atomic E-state index is 13.9. The van der Waals surface area contributed by atoms with E-state index in [1.165, 1.54) is 12.1 Å². The van der Waals surface area contributed by atoms with Crippen LogP contribution in [-0.2, 0) is 16.1 Å². The quantitative estimate of drug-likeness (QED) is 0.905. The Morgan fingerprint density at radius 1 is 1.08 bits per heavy atom. The zero-order chi connectivity index (χ0) is 17.6. The van der Waals surface area contributed by atoms with Crippen LogP contribution >= 0.6 is 0 Å². The minimum absolute atomic E-state index is 0.0548. The van der Waals surface area contributed by atoms with Crippen molar-refractivity contribution in [1.29, 1.82) is 0 Å². The molecule has 1 fully saturated rings. The Hall–Kier alpha value is -2.31. The second kappa shape index (κ2) is 8.18. The minimum Gasteiger partial charge on any atom is -0.378 e. The van der Waals surface area contributed by atoms with Gasteiger partial charge in [-0.1, -0.05) is 42.5 Å². The Morgan fingerprint density at radius 2 is 1.80 bits per heavy atom. The highest BCUT2D eigenvalue weighted by molar-refractivity contribution is 5.83. The van der Waals surface area contributed by atoms with Crippen molar-refractivity contribution in [2.45, 2.75) is 12.6 Å². The van der Waals surface area contributed by atoms with Gasteiger partial charge in [0.05, 0.1) is 13.2 Å². The summed E-state index contributed by atoms with van der Waals surface area (Å²) in [5.74, 6) is -1.87. The summed E-state index contributed by atoms with van der Waals surface area (Å²) in [6.45, 7) is 2.12. The lowest BCUT2D eigenvalue weighted by molar-refractivity contribution is -0.137. The van der Waals surface area contributed by atoms with Crippen molar-refractivity contribution in [2.24, 2.45) is 0 Å². The van der Waals surface area contributed by atoms with Gasteiger partial charge in [0.1, 0.15) is 6.04 Å². The molecule has 1 atom stereocenters. The van der Waals surface area contributed by atoms with Gasteiger partial charge in [-0.15, -0.1) is 0 Å². The van der Waals surface area contributed by atoms with E-state index in [1.807, 2.05) is 30.3 Å². The molecule has 0 spiro atoms. The van der Waals surface area contributed by atoms with E-state index in [0.29, 0.717) is 26.3 Å². The van der Waals surface area contributed by atoms with Crippen LogP contribution in [0.4, 0.5) is 8.78 Å². The predicted octanol–water partition coefficient (Wildman–Crippen LogP) is 2.65. The standard InChI is InChI=1S/C19H20F2N2O2/c20-16-8-4-7-15(17(16)21)13-22-18(14-5-2-1-3-6-14)19(24)23-9-11-25-12-10-23/h1-8,18,22H,9-13H2/t18-/m1/s1. The average Bonchev–Trinajstić information content (AvgIpc) is 2.66. The summed E-state index contributed by atoms with van der Waals surface area (Å²) >= 11 is 0. The number of nitrogens with zero attached hydrogens (tertiary/aromatic N) is 1. The summed E-state index contributed by atoms with van der Waals surface area (Å²) in [7, 11) is 0. The maximum atomic E-state index is 13.9. The Morgan fingerprint density at radius 3 is 2.52 bits per heavy atom. The van der Waals surface area contributed by atoms with Crippen LogP contribution in [0.3, 0.4) is 0 Å². The van der Waals surface area contributed by atoms with Gasteiger partial charge in [-0.2, -0.15) is 0 Å². The Labute approximate surface area is 145 Å². The number of carbonyl (C=O) groups excluding carboxylic acids is 1. The van der Waals surface area contributed by atoms with Gasteiger partial charge >= 0.3 is 0 Å². The molecule has 1 aliphatic rings. The van der Waals surface area contributed by atoms with Gasteiger partial charge in [-0.3, -0.25) is 10.1 Å². The van der Waals surface area contributed by atoms with Crippen LogP contribution in [-0.4, -0.2) is 37.1 Å². The number of halogens is 2. The lowest BCUT2D eigenvalue weighted by Gasteiger charge is -2.31. The Balaban J connectivity index is 1.79. The van der Waals surface area contributed by atoms with Crippen LogP contribution in [0.25, 0.3) is 0 Å². The summed E-state index contributed by atoms with van der Waals surface area (Å²) < 4.78 is 32.6. The van der Waals surface area contributed by atoms with E-state index in [1.54, 1.807) is 4.90 Å². The van der Waals surface area contributed by atoms with Gasteiger partial charge in [0, 0.05) is 25.2 Å². The number of amides is 1. The molecule has 1 heterocycles. The van der Waals surface area contributed by atoms with Crippen molar-refractivity contribution in [3.63, 3.8) is 0 Å². The van der Waals surface area contributed by atoms with Crippen molar-refractivity contribution in [3.05, 3.63) is 71.3 Å². The SMILES string of the molecule is O=C([C@H](NCc1cccc(F)c1F)c1ccccc1)N1CCOCC1. The van der Waals surface area contributed by atoms with Crippen molar-refractivity contribution < 1.29 is 18.3 Å². The molecular formula is C19H20F2N2O2. The highest BCUT2D eigenvalue weighted by atomic mass is 19.2. The average molecular weight is 346 g/mol. The van der Waals surface area contributed by atoms with Crippen LogP contribution in [0.1, 0.15) is 17.2 Å². The van der Waals surface area contributed by atoms with Gasteiger partial charge in [0.15, 0.2) is 11.6 Å². The van der Waals surface area contributed by atoms with Crippen LogP contribution in [0.5, 0.6) is 0 Å². The Kier molecular flexibility index (Phi) is 5.73. The van der Waals surface area contributed by atoms with Gasteiger partial charge in [-0.05, 0) is 11.6 Å². The normalized spacial score (nSPS) is 15.8. The molecule has 0 aromatic heterocycles. The molecule has 0 bridgehead atoms. The molecule has 3 rings (SSSR count). The largest absolute Gasteiger partial charge is 0.378 e. The van der Waals surface area contributed by atoms with Crippen LogP contribution in [0.2, 0.25) is 0 Å². The van der Waals surface area contributed by atoms with Crippen molar-refractivity contribution in [1.82, 2.24) is 10.2 Å². The third-order valence-corrected chi connectivity index (χ3v) is 4.23. The molecule has 1 amide bonds. The molecule has 2 aromatic rings. The molecule has 25 heavy (non-hydrogen) atoms. The highest BCUT2D eigenvalue weighted by Gasteiger charge is 2.27. The number of hydrogen-bond donors (Lipinski definition) is 1. The summed E-state index contributed by atoms with van der Waals surface area (Å²) in [6.07, 6.45) is 0. The summed E-state index contributed by atoms with van der Waals surface area (Å²) in [5.41, 5.74) is 0.978. The molecule has 1 N–H and O–H groups in total. The molecular weight excluding hydrogens is 326 g/mol. The second-order valence-corrected chi connectivity index (χ2v) is 5.88. The molecule has 1 aliphatic heterocycles. The van der Waals surface area contributed by atoms with Gasteiger partial charge in [0.2, 0.25) is 5.91 Å². The summed E-state index contributed by atoms with van der Waals surface area (Å²) in [4.78, 5) is 14.6. The summed E-state index contributed by atoms with van der Waals surface area (Å²) in [6, 6.07) is 12.7. The first-order valence-corrected chi connectivity index (χ1v) is 8.24. The van der Waals surface area contributed by atoms with E-state index in [-0.39, 0.29) is 18.0 Å². The maximum Gasteiger partial charge on any atom is 0.244 e. The second-order valence-electron chi connectivity index (χ2n) is 5.88. The van der Waals surface area contributed by atoms with Gasteiger partial charge in [0.25, 0.3) is 0 Å². The fourth-order valence-electron chi connectivity index (χ4n) is 2.86. The van der Waals surface area contributed by atoms with Crippen molar-refractivity contribution in [2.75, 3.05) is 26.3 Å². The van der Waals surface area contributed by atoms with E-state index in [9.17, 15) is 13.6 Å². The molecule has 132 valence electrons. The van der Waals surface area contributed by atoms with E-state index in [0.717, 1.165) is 11.6 Å².